The zero-order chi connectivity index (χ0) is 69.0. The smallest absolute Gasteiger partial charge is 0.223 e. The third kappa shape index (κ3) is 14.9. The van der Waals surface area contributed by atoms with Crippen molar-refractivity contribution in [2.45, 2.75) is 55.8 Å². The fourth-order valence-electron chi connectivity index (χ4n) is 14.3. The number of benzene rings is 8. The van der Waals surface area contributed by atoms with E-state index in [9.17, 15) is 0 Å². The van der Waals surface area contributed by atoms with Crippen LogP contribution in [-0.4, -0.2) is 96.0 Å². The number of nitrogen functional groups attached to an aromatic ring is 3. The number of aromatic nitrogens is 8. The van der Waals surface area contributed by atoms with Crippen LogP contribution in [0.5, 0.6) is 0 Å². The van der Waals surface area contributed by atoms with Crippen molar-refractivity contribution in [3.63, 3.8) is 0 Å². The van der Waals surface area contributed by atoms with Gasteiger partial charge >= 0.3 is 0 Å². The maximum Gasteiger partial charge on any atom is 0.223 e. The molecule has 20 heteroatoms. The predicted molar refractivity (Wildman–Crippen MR) is 408 cm³/mol. The van der Waals surface area contributed by atoms with E-state index < -0.39 is 0 Å². The molecular weight excluding hydrogens is 1370 g/mol. The topological polar surface area (TPSA) is 200 Å². The molecule has 0 spiro atoms. The Balaban J connectivity index is 0.000000115. The van der Waals surface area contributed by atoms with E-state index in [-0.39, 0.29) is 17.8 Å². The minimum Gasteiger partial charge on any atom is -0.368 e. The highest BCUT2D eigenvalue weighted by Crippen LogP contribution is 2.47. The van der Waals surface area contributed by atoms with Crippen LogP contribution in [0.3, 0.4) is 0 Å². The Morgan fingerprint density at radius 3 is 1.07 bits per heavy atom. The van der Waals surface area contributed by atoms with Gasteiger partial charge in [0.2, 0.25) is 23.8 Å². The number of nitrogens with zero attached hydrogens (tertiary/aromatic N) is 10. The second-order valence-corrected chi connectivity index (χ2v) is 28.0. The number of likely N-dealkylation sites (N-methyl/N-ethyl adjacent to an activating group) is 1. The lowest BCUT2D eigenvalue weighted by Gasteiger charge is -2.32. The van der Waals surface area contributed by atoms with Gasteiger partial charge in [0.25, 0.3) is 0 Å². The minimum atomic E-state index is 0.195. The van der Waals surface area contributed by atoms with E-state index in [1.165, 1.54) is 33.4 Å². The monoisotopic (exact) mass is 1440 g/mol. The lowest BCUT2D eigenvalue weighted by molar-refractivity contribution is 0.154. The Hall–Kier alpha value is -9.06. The molecular formula is C80H70Cl6N14. The fraction of sp³-hybridized carbons (Fsp3) is 0.200. The summed E-state index contributed by atoms with van der Waals surface area (Å²) in [5.74, 6) is 2.58. The number of hydrogen-bond acceptors (Lipinski definition) is 14. The molecule has 12 aromatic rings. The number of hydrogen-bond donors (Lipinski definition) is 4. The molecule has 4 aliphatic carbocycles. The van der Waals surface area contributed by atoms with E-state index >= 15 is 0 Å². The summed E-state index contributed by atoms with van der Waals surface area (Å²) in [5.41, 5.74) is 39.9. The van der Waals surface area contributed by atoms with Crippen LogP contribution in [0.1, 0.15) is 96.9 Å². The average Bonchev–Trinajstić information content (AvgIpc) is 0.786. The molecule has 7 N–H and O–H groups in total. The van der Waals surface area contributed by atoms with Crippen LogP contribution in [0.15, 0.2) is 207 Å². The summed E-state index contributed by atoms with van der Waals surface area (Å²) >= 11 is 37.0. The normalized spacial score (nSPS) is 16.8. The minimum absolute atomic E-state index is 0.195. The Kier molecular flexibility index (Phi) is 20.7. The second-order valence-electron chi connectivity index (χ2n) is 25.6. The summed E-state index contributed by atoms with van der Waals surface area (Å²) in [6.07, 6.45) is 11.9. The molecule has 4 atom stereocenters. The van der Waals surface area contributed by atoms with Gasteiger partial charge in [-0.05, 0) is 149 Å². The first-order chi connectivity index (χ1) is 48.7. The van der Waals surface area contributed by atoms with Gasteiger partial charge in [-0.3, -0.25) is 0 Å². The molecule has 1 fully saturated rings. The van der Waals surface area contributed by atoms with E-state index in [4.69, 9.17) is 91.8 Å². The first kappa shape index (κ1) is 68.1. The van der Waals surface area contributed by atoms with Crippen LogP contribution in [0.4, 0.5) is 23.8 Å². The summed E-state index contributed by atoms with van der Waals surface area (Å²) in [6, 6.07) is 61.6. The van der Waals surface area contributed by atoms with Crippen molar-refractivity contribution in [2.75, 3.05) is 68.8 Å². The van der Waals surface area contributed by atoms with Gasteiger partial charge < -0.3 is 32.3 Å². The molecule has 5 aliphatic rings. The molecule has 0 amide bonds. The van der Waals surface area contributed by atoms with Gasteiger partial charge in [0.05, 0.1) is 52.9 Å². The van der Waals surface area contributed by atoms with Gasteiger partial charge in [0, 0.05) is 103 Å². The van der Waals surface area contributed by atoms with Gasteiger partial charge in [-0.15, -0.1) is 0 Å². The molecule has 0 bridgehead atoms. The van der Waals surface area contributed by atoms with Gasteiger partial charge in [-0.25, -0.2) is 39.9 Å². The molecule has 8 aromatic carbocycles. The lowest BCUT2D eigenvalue weighted by atomic mass is 9.78. The van der Waals surface area contributed by atoms with Crippen molar-refractivity contribution in [2.24, 2.45) is 0 Å². The number of fused-ring (bicyclic) bond motifs is 12. The zero-order valence-electron chi connectivity index (χ0n) is 54.7. The standard InChI is InChI=1S/C26H29Cl2N5.2C18H13Cl2N3.C18H15N3/c1-32-11-13-33(14-12-32)10-4-9-29-26-30-17-19-15-22(18-7-8-23(27)24(28)16-18)20-5-2-3-6-21(20)25(19)31-26;2*19-15-6-5-10(8-16(15)20)14-7-11-9-22-18(21)23-17(11)13-4-2-1-3-12(13)14;19-18-20-11-13-10-16(12-6-2-1-3-7-12)14-8-4-5-9-15(14)17(13)21-18/h2-3,5-8,16-17,22H,4,9-15H2,1H3,(H,29,30,31);2*1-6,8-9,14H,7H2,(H2,21,22,23);1-9,11,16H,10H2,(H2,19,20,21)/t22-;14-;;/m01../s1. The summed E-state index contributed by atoms with van der Waals surface area (Å²) in [6.45, 7) is 6.61. The van der Waals surface area contributed by atoms with Gasteiger partial charge in [-0.1, -0.05) is 215 Å². The molecule has 502 valence electrons. The highest BCUT2D eigenvalue weighted by atomic mass is 35.5. The molecule has 4 aromatic heterocycles. The number of halogens is 6. The second kappa shape index (κ2) is 30.4. The van der Waals surface area contributed by atoms with Crippen LogP contribution in [0.25, 0.3) is 45.0 Å². The van der Waals surface area contributed by atoms with Crippen molar-refractivity contribution < 1.29 is 0 Å². The Labute approximate surface area is 612 Å². The van der Waals surface area contributed by atoms with E-state index in [0.29, 0.717) is 59.8 Å². The Morgan fingerprint density at radius 1 is 0.370 bits per heavy atom. The largest absolute Gasteiger partial charge is 0.368 e. The summed E-state index contributed by atoms with van der Waals surface area (Å²) in [5, 5.41) is 6.88. The molecule has 5 heterocycles. The van der Waals surface area contributed by atoms with Crippen LogP contribution < -0.4 is 22.5 Å². The van der Waals surface area contributed by atoms with Crippen LogP contribution in [0, 0.1) is 0 Å². The predicted octanol–water partition coefficient (Wildman–Crippen LogP) is 18.0. The van der Waals surface area contributed by atoms with Crippen molar-refractivity contribution in [1.29, 1.82) is 0 Å². The number of anilines is 4. The van der Waals surface area contributed by atoms with Crippen LogP contribution in [0.2, 0.25) is 30.1 Å². The van der Waals surface area contributed by atoms with Crippen molar-refractivity contribution in [3.8, 4) is 45.0 Å². The van der Waals surface area contributed by atoms with E-state index in [1.54, 1.807) is 0 Å². The van der Waals surface area contributed by atoms with Crippen LogP contribution >= 0.6 is 69.6 Å². The number of nitrogens with two attached hydrogens (primary N) is 3. The summed E-state index contributed by atoms with van der Waals surface area (Å²) < 4.78 is 0. The SMILES string of the molecule is CN1CCN(CCCNc2ncc3c(n2)-c2ccccc2[C@H](c2ccc(Cl)c(Cl)c2)C3)CC1.Nc1ncc2c(n1)-c1ccccc1C(c1ccc(Cl)c(Cl)c1)C2.Nc1ncc2c(n1)-c1ccccc1C(c1ccccc1)C2.Nc1ncc2c(n1)-c1ccccc1[C@@H](c1ccc(Cl)c(Cl)c1)C2. The molecule has 17 rings (SSSR count). The maximum absolute atomic E-state index is 6.33. The van der Waals surface area contributed by atoms with Gasteiger partial charge in [0.1, 0.15) is 0 Å². The van der Waals surface area contributed by atoms with E-state index in [2.05, 4.69) is 160 Å². The van der Waals surface area contributed by atoms with E-state index in [1.807, 2.05) is 104 Å². The van der Waals surface area contributed by atoms with Crippen molar-refractivity contribution in [3.05, 3.63) is 304 Å². The summed E-state index contributed by atoms with van der Waals surface area (Å²) in [4.78, 5) is 40.2. The number of nitrogens with one attached hydrogen (secondary N) is 1. The lowest BCUT2D eigenvalue weighted by Crippen LogP contribution is -2.44. The summed E-state index contributed by atoms with van der Waals surface area (Å²) in [7, 11) is 2.19. The highest BCUT2D eigenvalue weighted by Gasteiger charge is 2.32. The number of piperazine rings is 1. The van der Waals surface area contributed by atoms with Crippen molar-refractivity contribution >= 4 is 93.4 Å². The molecule has 1 saturated heterocycles. The molecule has 2 unspecified atom stereocenters. The molecule has 0 saturated carbocycles. The van der Waals surface area contributed by atoms with E-state index in [0.717, 1.165) is 150 Å². The quantitative estimate of drug-likeness (QED) is 0.0995. The molecule has 0 radical (unpaired) electrons. The molecule has 100 heavy (non-hydrogen) atoms. The average molecular weight is 1440 g/mol. The maximum atomic E-state index is 6.33. The fourth-order valence-corrected chi connectivity index (χ4v) is 15.2. The van der Waals surface area contributed by atoms with Crippen molar-refractivity contribution in [1.82, 2.24) is 49.7 Å². The first-order valence-corrected chi connectivity index (χ1v) is 35.6. The third-order valence-electron chi connectivity index (χ3n) is 19.3. The highest BCUT2D eigenvalue weighted by molar-refractivity contribution is 6.43. The Bertz CT molecular complexity index is 4820. The Morgan fingerprint density at radius 2 is 0.700 bits per heavy atom. The zero-order valence-corrected chi connectivity index (χ0v) is 59.2. The molecule has 1 aliphatic heterocycles. The third-order valence-corrected chi connectivity index (χ3v) is 21.6. The molecule has 14 nitrogen and oxygen atoms in total. The van der Waals surface area contributed by atoms with Gasteiger partial charge in [0.15, 0.2) is 0 Å². The van der Waals surface area contributed by atoms with Gasteiger partial charge in [-0.2, -0.15) is 0 Å². The number of rotatable bonds is 9. The van der Waals surface area contributed by atoms with Crippen LogP contribution in [-0.2, 0) is 25.7 Å². The first-order valence-electron chi connectivity index (χ1n) is 33.3.